The van der Waals surface area contributed by atoms with Gasteiger partial charge >= 0.3 is 0 Å². The fourth-order valence-electron chi connectivity index (χ4n) is 4.30. The Morgan fingerprint density at radius 2 is 1.97 bits per heavy atom. The third-order valence-electron chi connectivity index (χ3n) is 6.05. The maximum atomic E-state index is 9.99. The summed E-state index contributed by atoms with van der Waals surface area (Å²) in [5, 5.41) is 0. The fraction of sp³-hybridized carbons (Fsp3) is 0.500. The molecule has 1 aromatic carbocycles. The van der Waals surface area contributed by atoms with Gasteiger partial charge in [0.15, 0.2) is 0 Å². The van der Waals surface area contributed by atoms with Gasteiger partial charge in [-0.2, -0.15) is 0 Å². The lowest BCUT2D eigenvalue weighted by atomic mass is 9.79. The number of rotatable bonds is 6. The van der Waals surface area contributed by atoms with E-state index >= 15 is 0 Å². The first-order valence-electron chi connectivity index (χ1n) is 10.9. The second kappa shape index (κ2) is 10.4. The minimum Gasteiger partial charge on any atom is -0.467 e. The van der Waals surface area contributed by atoms with Crippen molar-refractivity contribution in [1.29, 1.82) is 0 Å². The number of hydrogen-bond acceptors (Lipinski definition) is 5. The summed E-state index contributed by atoms with van der Waals surface area (Å²) in [6, 6.07) is 8.74. The van der Waals surface area contributed by atoms with E-state index in [1.807, 2.05) is 6.92 Å². The first kappa shape index (κ1) is 22.7. The Hall–Kier alpha value is -1.97. The van der Waals surface area contributed by atoms with E-state index in [0.717, 1.165) is 23.6 Å². The van der Waals surface area contributed by atoms with Crippen molar-refractivity contribution in [2.45, 2.75) is 58.5 Å². The Labute approximate surface area is 181 Å². The summed E-state index contributed by atoms with van der Waals surface area (Å²) in [6.45, 7) is 9.50. The summed E-state index contributed by atoms with van der Waals surface area (Å²) in [6.07, 6.45) is 8.03. The SMILES string of the molecule is C=CN=C1O[C@H](C)C(c2ccc(C3CCC(CP(O)CC)CC3)cc2)=N/C1=C(/C)N. The molecule has 2 atom stereocenters. The summed E-state index contributed by atoms with van der Waals surface area (Å²) in [5.41, 5.74) is 10.5. The van der Waals surface area contributed by atoms with Gasteiger partial charge in [-0.25, -0.2) is 9.98 Å². The van der Waals surface area contributed by atoms with Gasteiger partial charge in [0, 0.05) is 20.0 Å². The summed E-state index contributed by atoms with van der Waals surface area (Å²) >= 11 is 0. The molecule has 30 heavy (non-hydrogen) atoms. The molecule has 0 bridgehead atoms. The second-order valence-corrected chi connectivity index (χ2v) is 10.3. The lowest BCUT2D eigenvalue weighted by Crippen LogP contribution is -2.32. The van der Waals surface area contributed by atoms with Crippen LogP contribution in [0.2, 0.25) is 0 Å². The van der Waals surface area contributed by atoms with Gasteiger partial charge < -0.3 is 15.4 Å². The smallest absolute Gasteiger partial charge is 0.242 e. The van der Waals surface area contributed by atoms with E-state index in [-0.39, 0.29) is 6.10 Å². The Kier molecular flexibility index (Phi) is 7.85. The van der Waals surface area contributed by atoms with E-state index in [9.17, 15) is 4.89 Å². The zero-order valence-corrected chi connectivity index (χ0v) is 19.2. The van der Waals surface area contributed by atoms with Crippen LogP contribution in [0.15, 0.2) is 58.4 Å². The van der Waals surface area contributed by atoms with E-state index < -0.39 is 8.15 Å². The zero-order valence-electron chi connectivity index (χ0n) is 18.3. The van der Waals surface area contributed by atoms with Crippen LogP contribution in [0, 0.1) is 5.92 Å². The summed E-state index contributed by atoms with van der Waals surface area (Å²) < 4.78 is 5.96. The first-order valence-corrected chi connectivity index (χ1v) is 12.5. The average molecular weight is 428 g/mol. The van der Waals surface area contributed by atoms with Gasteiger partial charge in [-0.3, -0.25) is 0 Å². The van der Waals surface area contributed by atoms with E-state index in [1.54, 1.807) is 6.92 Å². The molecule has 3 rings (SSSR count). The molecule has 0 amide bonds. The van der Waals surface area contributed by atoms with Crippen molar-refractivity contribution in [3.8, 4) is 0 Å². The highest BCUT2D eigenvalue weighted by atomic mass is 31.1. The number of nitrogens with zero attached hydrogens (tertiary/aromatic N) is 2. The predicted molar refractivity (Wildman–Crippen MR) is 127 cm³/mol. The molecule has 1 aromatic rings. The van der Waals surface area contributed by atoms with Crippen LogP contribution in [0.5, 0.6) is 0 Å². The Morgan fingerprint density at radius 3 is 2.53 bits per heavy atom. The molecule has 0 aromatic heterocycles. The highest BCUT2D eigenvalue weighted by Crippen LogP contribution is 2.41. The number of aliphatic imine (C=N–C) groups is 2. The van der Waals surface area contributed by atoms with E-state index in [1.165, 1.54) is 37.4 Å². The molecule has 1 fully saturated rings. The second-order valence-electron chi connectivity index (χ2n) is 8.25. The van der Waals surface area contributed by atoms with Crippen molar-refractivity contribution in [2.75, 3.05) is 12.3 Å². The molecule has 1 heterocycles. The lowest BCUT2D eigenvalue weighted by Gasteiger charge is -2.30. The van der Waals surface area contributed by atoms with Crippen molar-refractivity contribution in [3.05, 3.63) is 59.6 Å². The standard InChI is InChI=1S/C24H34N3O2P/c1-5-26-24-22(16(3)25)27-23(17(4)29-24)21-13-11-20(12-14-21)19-9-7-18(8-10-19)15-30(28)6-2/h5,11-14,17-19,28H,1,6-10,15,25H2,2-4H3/b22-16-,26-24?/t17-,18?,19?,30?/m1/s1. The van der Waals surface area contributed by atoms with E-state index in [0.29, 0.717) is 29.1 Å². The average Bonchev–Trinajstić information content (AvgIpc) is 2.74. The molecule has 6 heteroatoms. The normalized spacial score (nSPS) is 28.5. The molecule has 1 saturated carbocycles. The molecular formula is C24H34N3O2P. The maximum Gasteiger partial charge on any atom is 0.242 e. The molecule has 0 radical (unpaired) electrons. The highest BCUT2D eigenvalue weighted by molar-refractivity contribution is 7.51. The van der Waals surface area contributed by atoms with Gasteiger partial charge in [-0.15, -0.1) is 0 Å². The van der Waals surface area contributed by atoms with Crippen LogP contribution < -0.4 is 5.73 Å². The maximum absolute atomic E-state index is 9.99. The fourth-order valence-corrected chi connectivity index (χ4v) is 5.52. The van der Waals surface area contributed by atoms with Crippen molar-refractivity contribution in [2.24, 2.45) is 21.6 Å². The van der Waals surface area contributed by atoms with Crippen LogP contribution in [0.3, 0.4) is 0 Å². The molecule has 0 saturated heterocycles. The quantitative estimate of drug-likeness (QED) is 0.604. The van der Waals surface area contributed by atoms with Gasteiger partial charge in [0.05, 0.1) is 5.71 Å². The summed E-state index contributed by atoms with van der Waals surface area (Å²) in [5.74, 6) is 1.73. The van der Waals surface area contributed by atoms with Crippen LogP contribution >= 0.6 is 8.15 Å². The number of ether oxygens (including phenoxy) is 1. The van der Waals surface area contributed by atoms with Crippen molar-refractivity contribution in [3.63, 3.8) is 0 Å². The van der Waals surface area contributed by atoms with Crippen LogP contribution in [-0.4, -0.2) is 34.9 Å². The van der Waals surface area contributed by atoms with Crippen molar-refractivity contribution in [1.82, 2.24) is 0 Å². The van der Waals surface area contributed by atoms with Gasteiger partial charge in [0.1, 0.15) is 11.8 Å². The summed E-state index contributed by atoms with van der Waals surface area (Å²) in [4.78, 5) is 18.9. The molecule has 0 spiro atoms. The molecule has 2 aliphatic rings. The van der Waals surface area contributed by atoms with Gasteiger partial charge in [0.2, 0.25) is 5.90 Å². The van der Waals surface area contributed by atoms with Crippen LogP contribution in [0.25, 0.3) is 0 Å². The van der Waals surface area contributed by atoms with E-state index in [4.69, 9.17) is 15.5 Å². The Balaban J connectivity index is 1.72. The van der Waals surface area contributed by atoms with Crippen LogP contribution in [-0.2, 0) is 4.74 Å². The molecule has 5 nitrogen and oxygen atoms in total. The minimum atomic E-state index is -0.752. The zero-order chi connectivity index (χ0) is 21.7. The van der Waals surface area contributed by atoms with Gasteiger partial charge in [-0.05, 0) is 74.8 Å². The van der Waals surface area contributed by atoms with Crippen molar-refractivity contribution >= 4 is 19.8 Å². The Bertz CT molecular complexity index is 833. The number of benzene rings is 1. The molecule has 1 aliphatic heterocycles. The lowest BCUT2D eigenvalue weighted by molar-refractivity contribution is 0.268. The number of allylic oxidation sites excluding steroid dienone is 1. The van der Waals surface area contributed by atoms with Gasteiger partial charge in [-0.1, -0.05) is 37.8 Å². The minimum absolute atomic E-state index is 0.208. The number of hydrogen-bond donors (Lipinski definition) is 2. The molecule has 162 valence electrons. The van der Waals surface area contributed by atoms with Crippen molar-refractivity contribution < 1.29 is 9.63 Å². The van der Waals surface area contributed by atoms with Crippen LogP contribution in [0.1, 0.15) is 63.5 Å². The molecule has 3 N–H and O–H groups in total. The first-order chi connectivity index (χ1) is 14.4. The summed E-state index contributed by atoms with van der Waals surface area (Å²) in [7, 11) is -0.752. The third-order valence-corrected chi connectivity index (χ3v) is 7.72. The Morgan fingerprint density at radius 1 is 1.30 bits per heavy atom. The predicted octanol–water partition coefficient (Wildman–Crippen LogP) is 5.31. The number of nitrogens with two attached hydrogens (primary N) is 1. The largest absolute Gasteiger partial charge is 0.467 e. The van der Waals surface area contributed by atoms with Gasteiger partial charge in [0.25, 0.3) is 0 Å². The molecule has 1 unspecified atom stereocenters. The molecular weight excluding hydrogens is 393 g/mol. The monoisotopic (exact) mass is 427 g/mol. The van der Waals surface area contributed by atoms with Crippen LogP contribution in [0.4, 0.5) is 0 Å². The highest BCUT2D eigenvalue weighted by Gasteiger charge is 2.27. The molecule has 1 aliphatic carbocycles. The topological polar surface area (TPSA) is 80.2 Å². The van der Waals surface area contributed by atoms with E-state index in [2.05, 4.69) is 42.8 Å². The third kappa shape index (κ3) is 5.39.